The molecule has 4 aromatic rings. The normalized spacial score (nSPS) is 16.3. The summed E-state index contributed by atoms with van der Waals surface area (Å²) in [5.41, 5.74) is 13.3. The number of nitrogens with two attached hydrogens (primary N) is 1. The number of hydrogen-bond acceptors (Lipinski definition) is 7. The van der Waals surface area contributed by atoms with Crippen LogP contribution in [0.15, 0.2) is 97.1 Å². The second kappa shape index (κ2) is 28.3. The summed E-state index contributed by atoms with van der Waals surface area (Å²) in [5.74, 6) is -0.0613. The van der Waals surface area contributed by atoms with Gasteiger partial charge in [-0.3, -0.25) is 9.59 Å². The third-order valence-corrected chi connectivity index (χ3v) is 12.2. The first-order chi connectivity index (χ1) is 30.8. The SMILES string of the molecule is CCCCCCCCN(CCCCCCCC)C[C@@H]1C[C@H](c2ccc(CO)cc2)O[C@H](c2ccc(-c3cccc(CNC(=O)CCCCCC(=O)Nc4ccccc4N)c3)cc2)O1. The van der Waals surface area contributed by atoms with E-state index in [-0.39, 0.29) is 30.6 Å². The van der Waals surface area contributed by atoms with E-state index in [1.54, 1.807) is 12.1 Å². The zero-order chi connectivity index (χ0) is 44.5. The van der Waals surface area contributed by atoms with Crippen molar-refractivity contribution in [1.29, 1.82) is 0 Å². The van der Waals surface area contributed by atoms with Crippen molar-refractivity contribution in [2.45, 2.75) is 161 Å². The lowest BCUT2D eigenvalue weighted by Crippen LogP contribution is -2.40. The van der Waals surface area contributed by atoms with E-state index in [0.717, 1.165) is 72.3 Å². The molecule has 0 aromatic heterocycles. The highest BCUT2D eigenvalue weighted by atomic mass is 16.7. The predicted molar refractivity (Wildman–Crippen MR) is 258 cm³/mol. The minimum Gasteiger partial charge on any atom is -0.397 e. The Kier molecular flexibility index (Phi) is 22.2. The highest BCUT2D eigenvalue weighted by Crippen LogP contribution is 2.39. The van der Waals surface area contributed by atoms with E-state index in [0.29, 0.717) is 37.2 Å². The Morgan fingerprint density at radius 3 is 1.94 bits per heavy atom. The third-order valence-electron chi connectivity index (χ3n) is 12.2. The van der Waals surface area contributed by atoms with Gasteiger partial charge >= 0.3 is 0 Å². The molecule has 2 amide bonds. The van der Waals surface area contributed by atoms with Gasteiger partial charge in [-0.15, -0.1) is 0 Å². The van der Waals surface area contributed by atoms with E-state index >= 15 is 0 Å². The van der Waals surface area contributed by atoms with Crippen LogP contribution in [0.25, 0.3) is 11.1 Å². The summed E-state index contributed by atoms with van der Waals surface area (Å²) in [4.78, 5) is 27.7. The molecule has 5 rings (SSSR count). The summed E-state index contributed by atoms with van der Waals surface area (Å²) in [6.45, 7) is 8.12. The molecule has 3 atom stereocenters. The number of nitrogens with zero attached hydrogens (tertiary/aromatic N) is 1. The molecular weight excluding hydrogens is 785 g/mol. The molecule has 0 saturated carbocycles. The first kappa shape index (κ1) is 49.5. The standard InChI is InChI=1S/C54H76N4O5/c1-3-5-7-9-11-18-35-58(36-19-12-10-8-6-4-2)40-48-38-51(45-29-27-42(41-59)28-30-45)63-54(62-48)46-33-31-44(32-34-46)47-22-20-21-43(37-47)39-56-52(60)25-14-13-15-26-53(61)57-50-24-17-16-23-49(50)55/h16-17,20-24,27-34,37,48,51,54,59H,3-15,18-19,25-26,35-36,38-41,55H2,1-2H3,(H,56,60)(H,57,61)/t48-,51+,54+/m0/s1. The summed E-state index contributed by atoms with van der Waals surface area (Å²) in [5, 5.41) is 15.6. The number of amides is 2. The number of aliphatic hydroxyl groups is 1. The van der Waals surface area contributed by atoms with Crippen molar-refractivity contribution in [2.75, 3.05) is 30.7 Å². The Labute approximate surface area is 378 Å². The van der Waals surface area contributed by atoms with Crippen molar-refractivity contribution in [1.82, 2.24) is 10.2 Å². The fourth-order valence-corrected chi connectivity index (χ4v) is 8.40. The number of anilines is 2. The van der Waals surface area contributed by atoms with Crippen LogP contribution in [0.5, 0.6) is 0 Å². The lowest BCUT2D eigenvalue weighted by atomic mass is 9.98. The molecule has 0 aliphatic carbocycles. The van der Waals surface area contributed by atoms with Gasteiger partial charge in [0.1, 0.15) is 0 Å². The second-order valence-electron chi connectivity index (χ2n) is 17.5. The zero-order valence-electron chi connectivity index (χ0n) is 38.3. The maximum atomic E-state index is 12.7. The second-order valence-corrected chi connectivity index (χ2v) is 17.5. The minimum atomic E-state index is -0.502. The van der Waals surface area contributed by atoms with Gasteiger partial charge in [0.05, 0.1) is 30.2 Å². The number of para-hydroxylation sites is 2. The third kappa shape index (κ3) is 17.9. The van der Waals surface area contributed by atoms with E-state index in [1.807, 2.05) is 36.4 Å². The van der Waals surface area contributed by atoms with Crippen LogP contribution in [0.2, 0.25) is 0 Å². The number of carbonyl (C=O) groups is 2. The summed E-state index contributed by atoms with van der Waals surface area (Å²) < 4.78 is 13.6. The number of benzene rings is 4. The van der Waals surface area contributed by atoms with Crippen molar-refractivity contribution in [3.8, 4) is 11.1 Å². The molecule has 1 heterocycles. The van der Waals surface area contributed by atoms with Crippen LogP contribution in [0.1, 0.15) is 164 Å². The molecular formula is C54H76N4O5. The Balaban J connectivity index is 1.15. The molecule has 9 heteroatoms. The fourth-order valence-electron chi connectivity index (χ4n) is 8.40. The molecule has 5 N–H and O–H groups in total. The van der Waals surface area contributed by atoms with Gasteiger partial charge in [0, 0.05) is 37.9 Å². The van der Waals surface area contributed by atoms with Crippen molar-refractivity contribution in [3.05, 3.63) is 119 Å². The van der Waals surface area contributed by atoms with Crippen LogP contribution >= 0.6 is 0 Å². The molecule has 0 bridgehead atoms. The number of nitrogens with one attached hydrogen (secondary N) is 2. The van der Waals surface area contributed by atoms with Gasteiger partial charge in [0.25, 0.3) is 0 Å². The van der Waals surface area contributed by atoms with E-state index in [1.165, 1.54) is 77.0 Å². The van der Waals surface area contributed by atoms with Crippen molar-refractivity contribution >= 4 is 23.2 Å². The molecule has 342 valence electrons. The Bertz CT molecular complexity index is 1890. The first-order valence-electron chi connectivity index (χ1n) is 24.2. The number of aliphatic hydroxyl groups excluding tert-OH is 1. The van der Waals surface area contributed by atoms with Gasteiger partial charge < -0.3 is 35.8 Å². The molecule has 0 radical (unpaired) electrons. The van der Waals surface area contributed by atoms with Gasteiger partial charge in [0.2, 0.25) is 11.8 Å². The van der Waals surface area contributed by atoms with Crippen molar-refractivity contribution in [2.24, 2.45) is 0 Å². The Hall–Kier alpha value is -4.54. The number of rotatable bonds is 29. The summed E-state index contributed by atoms with van der Waals surface area (Å²) >= 11 is 0. The van der Waals surface area contributed by atoms with Gasteiger partial charge in [-0.05, 0) is 84.8 Å². The molecule has 1 fully saturated rings. The molecule has 1 aliphatic heterocycles. The first-order valence-corrected chi connectivity index (χ1v) is 24.2. The largest absolute Gasteiger partial charge is 0.397 e. The predicted octanol–water partition coefficient (Wildman–Crippen LogP) is 12.2. The average molecular weight is 861 g/mol. The van der Waals surface area contributed by atoms with Gasteiger partial charge in [-0.2, -0.15) is 0 Å². The average Bonchev–Trinajstić information content (AvgIpc) is 3.31. The smallest absolute Gasteiger partial charge is 0.224 e. The molecule has 1 saturated heterocycles. The van der Waals surface area contributed by atoms with Crippen LogP contribution < -0.4 is 16.4 Å². The number of unbranched alkanes of at least 4 members (excludes halogenated alkanes) is 12. The minimum absolute atomic E-state index is 0.00707. The fraction of sp³-hybridized carbons (Fsp3) is 0.519. The Morgan fingerprint density at radius 1 is 0.651 bits per heavy atom. The van der Waals surface area contributed by atoms with Crippen LogP contribution in [0, 0.1) is 0 Å². The lowest BCUT2D eigenvalue weighted by Gasteiger charge is -2.38. The highest BCUT2D eigenvalue weighted by Gasteiger charge is 2.33. The molecule has 0 unspecified atom stereocenters. The summed E-state index contributed by atoms with van der Waals surface area (Å²) in [6, 6.07) is 32.2. The van der Waals surface area contributed by atoms with E-state index in [4.69, 9.17) is 15.2 Å². The number of ether oxygens (including phenoxy) is 2. The summed E-state index contributed by atoms with van der Waals surface area (Å²) in [6.07, 6.45) is 18.7. The maximum absolute atomic E-state index is 12.7. The Morgan fingerprint density at radius 2 is 1.27 bits per heavy atom. The quantitative estimate of drug-likeness (QED) is 0.0316. The van der Waals surface area contributed by atoms with E-state index < -0.39 is 6.29 Å². The number of nitrogen functional groups attached to an aromatic ring is 1. The number of hydrogen-bond donors (Lipinski definition) is 4. The molecule has 0 spiro atoms. The van der Waals surface area contributed by atoms with E-state index in [9.17, 15) is 14.7 Å². The van der Waals surface area contributed by atoms with E-state index in [2.05, 4.69) is 77.9 Å². The lowest BCUT2D eigenvalue weighted by molar-refractivity contribution is -0.253. The topological polar surface area (TPSA) is 126 Å². The van der Waals surface area contributed by atoms with Crippen molar-refractivity contribution < 1.29 is 24.2 Å². The highest BCUT2D eigenvalue weighted by molar-refractivity contribution is 5.93. The molecule has 1 aliphatic rings. The van der Waals surface area contributed by atoms with Crippen LogP contribution in [-0.4, -0.2) is 47.6 Å². The maximum Gasteiger partial charge on any atom is 0.224 e. The van der Waals surface area contributed by atoms with Crippen molar-refractivity contribution in [3.63, 3.8) is 0 Å². The van der Waals surface area contributed by atoms with Gasteiger partial charge in [-0.1, -0.05) is 163 Å². The molecule has 63 heavy (non-hydrogen) atoms. The number of carbonyl (C=O) groups excluding carboxylic acids is 2. The monoisotopic (exact) mass is 861 g/mol. The zero-order valence-corrected chi connectivity index (χ0v) is 38.3. The van der Waals surface area contributed by atoms with Crippen LogP contribution in [0.4, 0.5) is 11.4 Å². The van der Waals surface area contributed by atoms with Gasteiger partial charge in [0.15, 0.2) is 6.29 Å². The molecule has 9 nitrogen and oxygen atoms in total. The van der Waals surface area contributed by atoms with Crippen LogP contribution in [-0.2, 0) is 32.2 Å². The van der Waals surface area contributed by atoms with Crippen LogP contribution in [0.3, 0.4) is 0 Å². The molecule has 4 aromatic carbocycles. The van der Waals surface area contributed by atoms with Gasteiger partial charge in [-0.25, -0.2) is 0 Å². The summed E-state index contributed by atoms with van der Waals surface area (Å²) in [7, 11) is 0.